The van der Waals surface area contributed by atoms with Crippen LogP contribution >= 0.6 is 12.2 Å². The number of hydrogen-bond donors (Lipinski definition) is 4. The average molecular weight is 423 g/mol. The largest absolute Gasteiger partial charge is 0.465 e. The SMILES string of the molecule is CC(=S)NCCCCC(NC(=O)O)c1nc(-c2ccccc2)c(-c2ccccc2)[nH]1. The van der Waals surface area contributed by atoms with Gasteiger partial charge >= 0.3 is 6.09 Å². The smallest absolute Gasteiger partial charge is 0.405 e. The van der Waals surface area contributed by atoms with Crippen molar-refractivity contribution in [3.8, 4) is 22.5 Å². The summed E-state index contributed by atoms with van der Waals surface area (Å²) in [6, 6.07) is 19.4. The van der Waals surface area contributed by atoms with Crippen LogP contribution in [0.4, 0.5) is 4.79 Å². The van der Waals surface area contributed by atoms with Crippen LogP contribution in [0.25, 0.3) is 22.5 Å². The molecule has 0 aliphatic carbocycles. The molecule has 1 heterocycles. The van der Waals surface area contributed by atoms with E-state index in [0.29, 0.717) is 12.2 Å². The number of aromatic amines is 1. The van der Waals surface area contributed by atoms with Crippen LogP contribution in [0.1, 0.15) is 38.1 Å². The number of nitrogens with zero attached hydrogens (tertiary/aromatic N) is 1. The summed E-state index contributed by atoms with van der Waals surface area (Å²) in [6.07, 6.45) is 1.30. The maximum absolute atomic E-state index is 11.4. The first kappa shape index (κ1) is 21.5. The predicted octanol–water partition coefficient (Wildman–Crippen LogP) is 5.16. The summed E-state index contributed by atoms with van der Waals surface area (Å²) in [4.78, 5) is 20.4. The van der Waals surface area contributed by atoms with E-state index in [-0.39, 0.29) is 0 Å². The summed E-state index contributed by atoms with van der Waals surface area (Å²) in [5.74, 6) is 0.620. The maximum atomic E-state index is 11.4. The van der Waals surface area contributed by atoms with Gasteiger partial charge in [-0.2, -0.15) is 0 Å². The highest BCUT2D eigenvalue weighted by Gasteiger charge is 2.21. The molecule has 1 aromatic heterocycles. The summed E-state index contributed by atoms with van der Waals surface area (Å²) < 4.78 is 0. The molecule has 4 N–H and O–H groups in total. The predicted molar refractivity (Wildman–Crippen MR) is 123 cm³/mol. The van der Waals surface area contributed by atoms with Gasteiger partial charge in [0, 0.05) is 17.7 Å². The Morgan fingerprint density at radius 3 is 2.30 bits per heavy atom. The van der Waals surface area contributed by atoms with Gasteiger partial charge in [0.05, 0.1) is 22.4 Å². The molecule has 0 spiro atoms. The van der Waals surface area contributed by atoms with Crippen molar-refractivity contribution >= 4 is 23.3 Å². The normalized spacial score (nSPS) is 11.6. The minimum atomic E-state index is -1.06. The Morgan fingerprint density at radius 1 is 1.07 bits per heavy atom. The van der Waals surface area contributed by atoms with E-state index >= 15 is 0 Å². The monoisotopic (exact) mass is 422 g/mol. The molecule has 2 aromatic carbocycles. The summed E-state index contributed by atoms with van der Waals surface area (Å²) >= 11 is 5.02. The molecule has 0 bridgehead atoms. The average Bonchev–Trinajstić information content (AvgIpc) is 3.19. The molecule has 1 atom stereocenters. The van der Waals surface area contributed by atoms with Gasteiger partial charge in [-0.3, -0.25) is 0 Å². The van der Waals surface area contributed by atoms with Crippen LogP contribution in [-0.2, 0) is 0 Å². The van der Waals surface area contributed by atoms with Crippen LogP contribution in [0.3, 0.4) is 0 Å². The Hall–Kier alpha value is -3.19. The number of thiocarbonyl (C=S) groups is 1. The molecular weight excluding hydrogens is 396 g/mol. The van der Waals surface area contributed by atoms with Crippen LogP contribution in [0.5, 0.6) is 0 Å². The summed E-state index contributed by atoms with van der Waals surface area (Å²) in [6.45, 7) is 2.63. The van der Waals surface area contributed by atoms with Crippen molar-refractivity contribution in [2.24, 2.45) is 0 Å². The second-order valence-electron chi connectivity index (χ2n) is 7.06. The summed E-state index contributed by atoms with van der Waals surface area (Å²) in [5.41, 5.74) is 3.68. The molecule has 0 saturated heterocycles. The Bertz CT molecular complexity index is 916. The van der Waals surface area contributed by atoms with Crippen LogP contribution in [0, 0.1) is 0 Å². The Kier molecular flexibility index (Phi) is 7.57. The molecule has 6 nitrogen and oxygen atoms in total. The van der Waals surface area contributed by atoms with Gasteiger partial charge in [0.2, 0.25) is 0 Å². The van der Waals surface area contributed by atoms with E-state index in [0.717, 1.165) is 46.9 Å². The highest BCUT2D eigenvalue weighted by Crippen LogP contribution is 2.32. The Morgan fingerprint density at radius 2 is 1.70 bits per heavy atom. The lowest BCUT2D eigenvalue weighted by atomic mass is 10.1. The van der Waals surface area contributed by atoms with Gasteiger partial charge in [-0.15, -0.1) is 0 Å². The standard InChI is InChI=1S/C23H26N4O2S/c1-16(30)24-15-9-8-14-19(25-23(28)29)22-26-20(17-10-4-2-5-11-17)21(27-22)18-12-6-3-7-13-18/h2-7,10-13,19,25H,8-9,14-15H2,1H3,(H,24,30)(H,26,27)(H,28,29). The first-order valence-electron chi connectivity index (χ1n) is 9.99. The number of nitrogens with one attached hydrogen (secondary N) is 3. The Labute approximate surface area is 181 Å². The van der Waals surface area contributed by atoms with Gasteiger partial charge in [-0.05, 0) is 26.2 Å². The fraction of sp³-hybridized carbons (Fsp3) is 0.261. The zero-order chi connectivity index (χ0) is 21.3. The maximum Gasteiger partial charge on any atom is 0.405 e. The number of amides is 1. The van der Waals surface area contributed by atoms with Crippen molar-refractivity contribution in [2.75, 3.05) is 6.54 Å². The number of unbranched alkanes of at least 4 members (excludes halogenated alkanes) is 1. The van der Waals surface area contributed by atoms with E-state index in [2.05, 4.69) is 15.6 Å². The van der Waals surface area contributed by atoms with Crippen molar-refractivity contribution in [2.45, 2.75) is 32.2 Å². The van der Waals surface area contributed by atoms with Gasteiger partial charge < -0.3 is 20.7 Å². The number of carboxylic acid groups (broad SMARTS) is 1. The second-order valence-corrected chi connectivity index (χ2v) is 7.67. The minimum absolute atomic E-state index is 0.420. The zero-order valence-electron chi connectivity index (χ0n) is 16.9. The van der Waals surface area contributed by atoms with E-state index in [4.69, 9.17) is 17.2 Å². The number of carbonyl (C=O) groups is 1. The number of imidazole rings is 1. The van der Waals surface area contributed by atoms with Crippen molar-refractivity contribution < 1.29 is 9.90 Å². The van der Waals surface area contributed by atoms with E-state index < -0.39 is 12.1 Å². The van der Waals surface area contributed by atoms with Crippen molar-refractivity contribution in [3.05, 3.63) is 66.5 Å². The number of hydrogen-bond acceptors (Lipinski definition) is 3. The number of rotatable bonds is 9. The molecule has 1 amide bonds. The van der Waals surface area contributed by atoms with Gasteiger partial charge in [-0.1, -0.05) is 72.9 Å². The van der Waals surface area contributed by atoms with E-state index in [9.17, 15) is 9.90 Å². The number of H-pyrrole nitrogens is 1. The molecule has 156 valence electrons. The molecular formula is C23H26N4O2S. The van der Waals surface area contributed by atoms with Crippen molar-refractivity contribution in [1.29, 1.82) is 0 Å². The molecule has 3 rings (SSSR count). The molecule has 0 saturated carbocycles. The van der Waals surface area contributed by atoms with E-state index in [1.807, 2.05) is 67.6 Å². The molecule has 3 aromatic rings. The molecule has 0 aliphatic rings. The van der Waals surface area contributed by atoms with Crippen molar-refractivity contribution in [1.82, 2.24) is 20.6 Å². The van der Waals surface area contributed by atoms with Gasteiger partial charge in [0.1, 0.15) is 5.82 Å². The first-order valence-corrected chi connectivity index (χ1v) is 10.4. The summed E-state index contributed by atoms with van der Waals surface area (Å²) in [5, 5.41) is 15.1. The third-order valence-corrected chi connectivity index (χ3v) is 4.90. The highest BCUT2D eigenvalue weighted by atomic mass is 32.1. The highest BCUT2D eigenvalue weighted by molar-refractivity contribution is 7.80. The molecule has 7 heteroatoms. The first-order chi connectivity index (χ1) is 14.5. The topological polar surface area (TPSA) is 90.0 Å². The zero-order valence-corrected chi connectivity index (χ0v) is 17.7. The molecule has 0 fully saturated rings. The van der Waals surface area contributed by atoms with E-state index in [1.54, 1.807) is 0 Å². The quantitative estimate of drug-likeness (QED) is 0.282. The molecule has 0 aliphatic heterocycles. The third kappa shape index (κ3) is 5.90. The number of aromatic nitrogens is 2. The molecule has 1 unspecified atom stereocenters. The third-order valence-electron chi connectivity index (χ3n) is 4.75. The van der Waals surface area contributed by atoms with Crippen LogP contribution in [0.2, 0.25) is 0 Å². The van der Waals surface area contributed by atoms with Crippen LogP contribution in [-0.4, -0.2) is 32.7 Å². The van der Waals surface area contributed by atoms with Gasteiger partial charge in [-0.25, -0.2) is 9.78 Å². The Balaban J connectivity index is 1.88. The minimum Gasteiger partial charge on any atom is -0.465 e. The van der Waals surface area contributed by atoms with Gasteiger partial charge in [0.15, 0.2) is 0 Å². The lowest BCUT2D eigenvalue weighted by Gasteiger charge is -2.14. The second kappa shape index (κ2) is 10.5. The fourth-order valence-corrected chi connectivity index (χ4v) is 3.44. The number of benzene rings is 2. The molecule has 30 heavy (non-hydrogen) atoms. The van der Waals surface area contributed by atoms with Crippen LogP contribution < -0.4 is 10.6 Å². The van der Waals surface area contributed by atoms with Crippen LogP contribution in [0.15, 0.2) is 60.7 Å². The van der Waals surface area contributed by atoms with E-state index in [1.165, 1.54) is 0 Å². The van der Waals surface area contributed by atoms with Crippen molar-refractivity contribution in [3.63, 3.8) is 0 Å². The summed E-state index contributed by atoms with van der Waals surface area (Å²) in [7, 11) is 0. The molecule has 0 radical (unpaired) electrons. The fourth-order valence-electron chi connectivity index (χ4n) is 3.34. The lowest BCUT2D eigenvalue weighted by Crippen LogP contribution is -2.28. The van der Waals surface area contributed by atoms with Gasteiger partial charge in [0.25, 0.3) is 0 Å². The lowest BCUT2D eigenvalue weighted by molar-refractivity contribution is 0.188.